The van der Waals surface area contributed by atoms with Gasteiger partial charge >= 0.3 is 0 Å². The predicted molar refractivity (Wildman–Crippen MR) is 130 cm³/mol. The van der Waals surface area contributed by atoms with Crippen LogP contribution in [-0.2, 0) is 4.79 Å². The van der Waals surface area contributed by atoms with Crippen LogP contribution in [-0.4, -0.2) is 27.5 Å². The molecule has 1 N–H and O–H groups in total. The molecule has 1 aromatic heterocycles. The summed E-state index contributed by atoms with van der Waals surface area (Å²) in [5.41, 5.74) is 1.61. The molecule has 0 aliphatic carbocycles. The SMILES string of the molecule is CSc1cccc(NC(=O)CSc2nc3ccccc3c(=O)n2-c2ccccc2Cl)c1. The first kappa shape index (κ1) is 21.5. The highest BCUT2D eigenvalue weighted by molar-refractivity contribution is 7.99. The molecule has 0 unspecified atom stereocenters. The summed E-state index contributed by atoms with van der Waals surface area (Å²) in [6, 6.07) is 21.9. The Morgan fingerprint density at radius 2 is 1.84 bits per heavy atom. The van der Waals surface area contributed by atoms with E-state index >= 15 is 0 Å². The molecule has 0 radical (unpaired) electrons. The van der Waals surface area contributed by atoms with Crippen LogP contribution in [0.5, 0.6) is 0 Å². The van der Waals surface area contributed by atoms with Gasteiger partial charge < -0.3 is 5.32 Å². The smallest absolute Gasteiger partial charge is 0.266 e. The monoisotopic (exact) mass is 467 g/mol. The Hall–Kier alpha value is -2.74. The van der Waals surface area contributed by atoms with Crippen LogP contribution >= 0.6 is 35.1 Å². The van der Waals surface area contributed by atoms with Crippen LogP contribution in [0, 0.1) is 0 Å². The summed E-state index contributed by atoms with van der Waals surface area (Å²) in [5.74, 6) is -0.0880. The molecule has 31 heavy (non-hydrogen) atoms. The van der Waals surface area contributed by atoms with E-state index in [0.29, 0.717) is 26.8 Å². The van der Waals surface area contributed by atoms with Crippen molar-refractivity contribution in [2.24, 2.45) is 0 Å². The normalized spacial score (nSPS) is 10.9. The minimum Gasteiger partial charge on any atom is -0.325 e. The van der Waals surface area contributed by atoms with Crippen molar-refractivity contribution in [2.45, 2.75) is 10.1 Å². The van der Waals surface area contributed by atoms with Crippen LogP contribution in [0.3, 0.4) is 0 Å². The fourth-order valence-electron chi connectivity index (χ4n) is 3.08. The van der Waals surface area contributed by atoms with Gasteiger partial charge in [0.1, 0.15) is 0 Å². The molecule has 4 rings (SSSR count). The van der Waals surface area contributed by atoms with Gasteiger partial charge in [0.2, 0.25) is 5.91 Å². The highest BCUT2D eigenvalue weighted by Gasteiger charge is 2.16. The third-order valence-electron chi connectivity index (χ3n) is 4.52. The molecule has 4 aromatic rings. The number of rotatable bonds is 6. The Balaban J connectivity index is 1.66. The lowest BCUT2D eigenvalue weighted by molar-refractivity contribution is -0.113. The van der Waals surface area contributed by atoms with E-state index in [9.17, 15) is 9.59 Å². The summed E-state index contributed by atoms with van der Waals surface area (Å²) in [5, 5.41) is 4.23. The van der Waals surface area contributed by atoms with E-state index in [4.69, 9.17) is 11.6 Å². The Morgan fingerprint density at radius 1 is 1.06 bits per heavy atom. The molecule has 156 valence electrons. The highest BCUT2D eigenvalue weighted by atomic mass is 35.5. The zero-order chi connectivity index (χ0) is 21.8. The number of fused-ring (bicyclic) bond motifs is 1. The van der Waals surface area contributed by atoms with Gasteiger partial charge in [-0.25, -0.2) is 4.98 Å². The number of benzene rings is 3. The quantitative estimate of drug-likeness (QED) is 0.300. The number of nitrogens with one attached hydrogen (secondary N) is 1. The van der Waals surface area contributed by atoms with Crippen molar-refractivity contribution in [1.29, 1.82) is 0 Å². The fraction of sp³-hybridized carbons (Fsp3) is 0.0870. The van der Waals surface area contributed by atoms with Gasteiger partial charge in [0.25, 0.3) is 5.56 Å². The Labute approximate surface area is 192 Å². The van der Waals surface area contributed by atoms with E-state index in [0.717, 1.165) is 10.6 Å². The van der Waals surface area contributed by atoms with Crippen LogP contribution in [0.2, 0.25) is 5.02 Å². The minimum atomic E-state index is -0.228. The molecule has 0 fully saturated rings. The largest absolute Gasteiger partial charge is 0.325 e. The lowest BCUT2D eigenvalue weighted by Gasteiger charge is -2.14. The first-order valence-corrected chi connectivity index (χ1v) is 12.0. The van der Waals surface area contributed by atoms with Crippen molar-refractivity contribution < 1.29 is 4.79 Å². The Morgan fingerprint density at radius 3 is 2.65 bits per heavy atom. The number of carbonyl (C=O) groups excluding carboxylic acids is 1. The van der Waals surface area contributed by atoms with E-state index in [2.05, 4.69) is 10.3 Å². The van der Waals surface area contributed by atoms with E-state index in [-0.39, 0.29) is 17.2 Å². The van der Waals surface area contributed by atoms with Crippen molar-refractivity contribution in [3.63, 3.8) is 0 Å². The van der Waals surface area contributed by atoms with Gasteiger partial charge in [0.15, 0.2) is 5.16 Å². The molecule has 3 aromatic carbocycles. The molecular weight excluding hydrogens is 450 g/mol. The maximum absolute atomic E-state index is 13.3. The number of thioether (sulfide) groups is 2. The number of para-hydroxylation sites is 2. The van der Waals surface area contributed by atoms with Crippen molar-refractivity contribution in [3.05, 3.63) is 88.2 Å². The van der Waals surface area contributed by atoms with Crippen molar-refractivity contribution >= 4 is 57.6 Å². The van der Waals surface area contributed by atoms with Crippen molar-refractivity contribution in [1.82, 2.24) is 9.55 Å². The number of carbonyl (C=O) groups is 1. The molecule has 1 heterocycles. The third-order valence-corrected chi connectivity index (χ3v) is 6.51. The minimum absolute atomic E-state index is 0.0960. The molecule has 0 aliphatic heterocycles. The molecule has 0 aliphatic rings. The maximum atomic E-state index is 13.3. The average Bonchev–Trinajstić information content (AvgIpc) is 2.79. The maximum Gasteiger partial charge on any atom is 0.266 e. The second-order valence-corrected chi connectivity index (χ2v) is 8.80. The molecule has 0 saturated heterocycles. The van der Waals surface area contributed by atoms with E-state index in [1.54, 1.807) is 48.2 Å². The van der Waals surface area contributed by atoms with Gasteiger partial charge in [-0.3, -0.25) is 14.2 Å². The molecule has 5 nitrogen and oxygen atoms in total. The first-order chi connectivity index (χ1) is 15.1. The summed E-state index contributed by atoms with van der Waals surface area (Å²) < 4.78 is 1.47. The number of hydrogen-bond donors (Lipinski definition) is 1. The summed E-state index contributed by atoms with van der Waals surface area (Å²) in [7, 11) is 0. The Bertz CT molecular complexity index is 1320. The van der Waals surface area contributed by atoms with Gasteiger partial charge in [-0.1, -0.05) is 53.7 Å². The second kappa shape index (κ2) is 9.60. The fourth-order valence-corrected chi connectivity index (χ4v) is 4.57. The lowest BCUT2D eigenvalue weighted by atomic mass is 10.2. The van der Waals surface area contributed by atoms with Gasteiger partial charge in [-0.2, -0.15) is 0 Å². The average molecular weight is 468 g/mol. The number of aromatic nitrogens is 2. The van der Waals surface area contributed by atoms with E-state index in [1.807, 2.05) is 42.7 Å². The van der Waals surface area contributed by atoms with E-state index < -0.39 is 0 Å². The molecular formula is C23H18ClN3O2S2. The Kier molecular flexibility index (Phi) is 6.65. The lowest BCUT2D eigenvalue weighted by Crippen LogP contribution is -2.23. The summed E-state index contributed by atoms with van der Waals surface area (Å²) >= 11 is 9.17. The van der Waals surface area contributed by atoms with Crippen LogP contribution < -0.4 is 10.9 Å². The highest BCUT2D eigenvalue weighted by Crippen LogP contribution is 2.26. The predicted octanol–water partition coefficient (Wildman–Crippen LogP) is 5.49. The molecule has 8 heteroatoms. The number of hydrogen-bond acceptors (Lipinski definition) is 5. The standard InChI is InChI=1S/C23H18ClN3O2S2/c1-30-16-8-6-7-15(13-16)25-21(28)14-31-23-26-19-11-4-2-9-17(19)22(29)27(23)20-12-5-3-10-18(20)24/h2-13H,14H2,1H3,(H,25,28). The van der Waals surface area contributed by atoms with Gasteiger partial charge in [0.05, 0.1) is 27.4 Å². The molecule has 1 amide bonds. The van der Waals surface area contributed by atoms with Crippen molar-refractivity contribution in [3.8, 4) is 5.69 Å². The number of nitrogens with zero attached hydrogens (tertiary/aromatic N) is 2. The summed E-state index contributed by atoms with van der Waals surface area (Å²) in [4.78, 5) is 31.5. The summed E-state index contributed by atoms with van der Waals surface area (Å²) in [6.07, 6.45) is 1.98. The van der Waals surface area contributed by atoms with E-state index in [1.165, 1.54) is 16.3 Å². The van der Waals surface area contributed by atoms with Gasteiger partial charge in [-0.15, -0.1) is 11.8 Å². The zero-order valence-electron chi connectivity index (χ0n) is 16.5. The molecule has 0 saturated carbocycles. The van der Waals surface area contributed by atoms with Gasteiger partial charge in [-0.05, 0) is 48.7 Å². The number of anilines is 1. The third kappa shape index (κ3) is 4.79. The van der Waals surface area contributed by atoms with Crippen LogP contribution in [0.25, 0.3) is 16.6 Å². The molecule has 0 spiro atoms. The van der Waals surface area contributed by atoms with Gasteiger partial charge in [0, 0.05) is 10.6 Å². The summed E-state index contributed by atoms with van der Waals surface area (Å²) in [6.45, 7) is 0. The van der Waals surface area contributed by atoms with Crippen LogP contribution in [0.1, 0.15) is 0 Å². The van der Waals surface area contributed by atoms with Crippen LogP contribution in [0.15, 0.2) is 87.6 Å². The zero-order valence-corrected chi connectivity index (χ0v) is 18.9. The second-order valence-electron chi connectivity index (χ2n) is 6.57. The number of halogens is 1. The number of amides is 1. The van der Waals surface area contributed by atoms with Crippen molar-refractivity contribution in [2.75, 3.05) is 17.3 Å². The molecule has 0 bridgehead atoms. The molecule has 0 atom stereocenters. The first-order valence-electron chi connectivity index (χ1n) is 9.40. The van der Waals surface area contributed by atoms with Crippen LogP contribution in [0.4, 0.5) is 5.69 Å². The topological polar surface area (TPSA) is 64.0 Å².